The normalized spacial score (nSPS) is 11.6. The molecule has 0 aromatic heterocycles. The first-order valence-electron chi connectivity index (χ1n) is 8.87. The van der Waals surface area contributed by atoms with Gasteiger partial charge in [-0.2, -0.15) is 0 Å². The van der Waals surface area contributed by atoms with Crippen molar-refractivity contribution < 1.29 is 14.3 Å². The van der Waals surface area contributed by atoms with Gasteiger partial charge in [0.15, 0.2) is 0 Å². The molecule has 2 aromatic carbocycles. The number of thioether (sulfide) groups is 1. The number of aryl methyl sites for hydroxylation is 2. The Labute approximate surface area is 166 Å². The van der Waals surface area contributed by atoms with Gasteiger partial charge in [-0.3, -0.25) is 0 Å². The molecule has 0 unspecified atom stereocenters. The number of ether oxygens (including phenoxy) is 2. The molecule has 0 fully saturated rings. The van der Waals surface area contributed by atoms with Crippen molar-refractivity contribution in [1.29, 1.82) is 0 Å². The summed E-state index contributed by atoms with van der Waals surface area (Å²) in [6.07, 6.45) is 3.96. The van der Waals surface area contributed by atoms with Gasteiger partial charge in [0.05, 0.1) is 5.71 Å². The number of oxime groups is 1. The molecular formula is C22H27NO3S. The molecule has 27 heavy (non-hydrogen) atoms. The lowest BCUT2D eigenvalue weighted by Gasteiger charge is -2.14. The molecule has 0 spiro atoms. The number of benzene rings is 2. The van der Waals surface area contributed by atoms with Gasteiger partial charge in [-0.05, 0) is 44.0 Å². The highest BCUT2D eigenvalue weighted by atomic mass is 32.2. The van der Waals surface area contributed by atoms with Crippen LogP contribution in [0.3, 0.4) is 0 Å². The molecule has 2 rings (SSSR count). The first kappa shape index (κ1) is 20.9. The van der Waals surface area contributed by atoms with Gasteiger partial charge in [0.2, 0.25) is 0 Å². The third-order valence-electron chi connectivity index (χ3n) is 3.85. The molecule has 0 atom stereocenters. The summed E-state index contributed by atoms with van der Waals surface area (Å²) >= 11 is 1.66. The van der Waals surface area contributed by atoms with Crippen LogP contribution >= 0.6 is 11.8 Å². The predicted octanol–water partition coefficient (Wildman–Crippen LogP) is 5.38. The van der Waals surface area contributed by atoms with Crippen LogP contribution in [0, 0.1) is 13.8 Å². The van der Waals surface area contributed by atoms with Crippen molar-refractivity contribution >= 4 is 17.5 Å². The van der Waals surface area contributed by atoms with Crippen LogP contribution < -0.4 is 9.47 Å². The minimum absolute atomic E-state index is 0.538. The standard InChI is InChI=1S/C22H27NO3S/c1-5-6-12-25-20-13-17(2)22(18(3)14-20)26-16-27-15-21(23-24-4)19-10-8-7-9-11-19/h5-11,13-14H,12,15-16H2,1-4H3/b6-5+,23-21-. The number of nitrogens with zero attached hydrogens (tertiary/aromatic N) is 1. The van der Waals surface area contributed by atoms with Crippen LogP contribution in [-0.4, -0.2) is 31.1 Å². The summed E-state index contributed by atoms with van der Waals surface area (Å²) in [5, 5.41) is 4.14. The summed E-state index contributed by atoms with van der Waals surface area (Å²) < 4.78 is 11.7. The highest BCUT2D eigenvalue weighted by molar-refractivity contribution is 7.99. The van der Waals surface area contributed by atoms with Crippen molar-refractivity contribution in [3.63, 3.8) is 0 Å². The van der Waals surface area contributed by atoms with E-state index in [-0.39, 0.29) is 0 Å². The van der Waals surface area contributed by atoms with Gasteiger partial charge in [-0.1, -0.05) is 47.6 Å². The van der Waals surface area contributed by atoms with E-state index in [1.807, 2.05) is 75.4 Å². The van der Waals surface area contributed by atoms with Crippen molar-refractivity contribution in [3.8, 4) is 11.5 Å². The Balaban J connectivity index is 1.91. The molecule has 5 heteroatoms. The van der Waals surface area contributed by atoms with Crippen LogP contribution in [0.25, 0.3) is 0 Å². The van der Waals surface area contributed by atoms with Crippen LogP contribution in [0.5, 0.6) is 11.5 Å². The highest BCUT2D eigenvalue weighted by Crippen LogP contribution is 2.29. The maximum absolute atomic E-state index is 6.01. The van der Waals surface area contributed by atoms with Gasteiger partial charge in [0, 0.05) is 11.3 Å². The second kappa shape index (κ2) is 11.3. The van der Waals surface area contributed by atoms with E-state index in [0.717, 1.165) is 33.9 Å². The fourth-order valence-corrected chi connectivity index (χ4v) is 3.30. The molecule has 0 amide bonds. The van der Waals surface area contributed by atoms with Crippen LogP contribution in [0.4, 0.5) is 0 Å². The maximum atomic E-state index is 6.01. The zero-order valence-electron chi connectivity index (χ0n) is 16.4. The molecule has 0 bridgehead atoms. The van der Waals surface area contributed by atoms with E-state index in [2.05, 4.69) is 5.16 Å². The molecule has 0 saturated carbocycles. The monoisotopic (exact) mass is 385 g/mol. The zero-order valence-corrected chi connectivity index (χ0v) is 17.2. The van der Waals surface area contributed by atoms with Crippen LogP contribution in [0.15, 0.2) is 59.8 Å². The van der Waals surface area contributed by atoms with E-state index in [0.29, 0.717) is 18.3 Å². The van der Waals surface area contributed by atoms with Crippen LogP contribution in [0.1, 0.15) is 23.6 Å². The van der Waals surface area contributed by atoms with Crippen molar-refractivity contribution in [1.82, 2.24) is 0 Å². The summed E-state index contributed by atoms with van der Waals surface area (Å²) in [5.74, 6) is 3.02. The quantitative estimate of drug-likeness (QED) is 0.181. The number of hydrogen-bond donors (Lipinski definition) is 0. The molecule has 144 valence electrons. The number of hydrogen-bond acceptors (Lipinski definition) is 5. The average Bonchev–Trinajstić information content (AvgIpc) is 2.67. The van der Waals surface area contributed by atoms with Crippen LogP contribution in [-0.2, 0) is 4.84 Å². The summed E-state index contributed by atoms with van der Waals surface area (Å²) in [5.41, 5.74) is 4.09. The smallest absolute Gasteiger partial charge is 0.134 e. The van der Waals surface area contributed by atoms with Crippen molar-refractivity contribution in [2.75, 3.05) is 25.4 Å². The molecule has 4 nitrogen and oxygen atoms in total. The van der Waals surface area contributed by atoms with E-state index >= 15 is 0 Å². The Morgan fingerprint density at radius 3 is 2.41 bits per heavy atom. The minimum atomic E-state index is 0.538. The Morgan fingerprint density at radius 1 is 1.07 bits per heavy atom. The lowest BCUT2D eigenvalue weighted by atomic mass is 10.1. The van der Waals surface area contributed by atoms with E-state index in [9.17, 15) is 0 Å². The van der Waals surface area contributed by atoms with Gasteiger partial charge in [-0.25, -0.2) is 0 Å². The Kier molecular flexibility index (Phi) is 8.78. The molecule has 0 aliphatic heterocycles. The van der Waals surface area contributed by atoms with Crippen molar-refractivity contribution in [3.05, 3.63) is 71.3 Å². The lowest BCUT2D eigenvalue weighted by molar-refractivity contribution is 0.213. The first-order valence-corrected chi connectivity index (χ1v) is 10.0. The first-order chi connectivity index (χ1) is 13.2. The molecule has 2 aromatic rings. The van der Waals surface area contributed by atoms with Gasteiger partial charge >= 0.3 is 0 Å². The second-order valence-corrected chi connectivity index (χ2v) is 6.90. The maximum Gasteiger partial charge on any atom is 0.134 e. The summed E-state index contributed by atoms with van der Waals surface area (Å²) in [4.78, 5) is 4.98. The Hall–Kier alpha value is -2.40. The SMILES string of the molecule is C/C=C/COc1cc(C)c(OCSC/C(=N/OC)c2ccccc2)c(C)c1. The highest BCUT2D eigenvalue weighted by Gasteiger charge is 2.09. The van der Waals surface area contributed by atoms with Gasteiger partial charge in [0.25, 0.3) is 0 Å². The molecule has 0 aliphatic rings. The summed E-state index contributed by atoms with van der Waals surface area (Å²) in [6, 6.07) is 14.1. The molecule has 0 aliphatic carbocycles. The third kappa shape index (κ3) is 6.68. The fraction of sp³-hybridized carbons (Fsp3) is 0.318. The average molecular weight is 386 g/mol. The van der Waals surface area contributed by atoms with Crippen molar-refractivity contribution in [2.45, 2.75) is 20.8 Å². The minimum Gasteiger partial charge on any atom is -0.490 e. The van der Waals surface area contributed by atoms with Gasteiger partial charge in [0.1, 0.15) is 31.2 Å². The second-order valence-electron chi connectivity index (χ2n) is 5.96. The molecular weight excluding hydrogens is 358 g/mol. The van der Waals surface area contributed by atoms with Gasteiger partial charge in [-0.15, -0.1) is 11.8 Å². The fourth-order valence-electron chi connectivity index (χ4n) is 2.60. The van der Waals surface area contributed by atoms with Crippen LogP contribution in [0.2, 0.25) is 0 Å². The van der Waals surface area contributed by atoms with E-state index < -0.39 is 0 Å². The Morgan fingerprint density at radius 2 is 1.78 bits per heavy atom. The zero-order chi connectivity index (χ0) is 19.5. The third-order valence-corrected chi connectivity index (χ3v) is 4.61. The summed E-state index contributed by atoms with van der Waals surface area (Å²) in [7, 11) is 1.57. The topological polar surface area (TPSA) is 40.0 Å². The number of rotatable bonds is 10. The predicted molar refractivity (Wildman–Crippen MR) is 114 cm³/mol. The lowest BCUT2D eigenvalue weighted by Crippen LogP contribution is -2.07. The van der Waals surface area contributed by atoms with Crippen molar-refractivity contribution in [2.24, 2.45) is 5.16 Å². The summed E-state index contributed by atoms with van der Waals surface area (Å²) in [6.45, 7) is 6.64. The van der Waals surface area contributed by atoms with E-state index in [1.54, 1.807) is 18.9 Å². The number of allylic oxidation sites excluding steroid dienone is 1. The van der Waals surface area contributed by atoms with Gasteiger partial charge < -0.3 is 14.3 Å². The molecule has 0 heterocycles. The van der Waals surface area contributed by atoms with E-state index in [4.69, 9.17) is 14.3 Å². The molecule has 0 N–H and O–H groups in total. The molecule has 0 radical (unpaired) electrons. The van der Waals surface area contributed by atoms with E-state index in [1.165, 1.54) is 0 Å². The molecule has 0 saturated heterocycles. The largest absolute Gasteiger partial charge is 0.490 e. The Bertz CT molecular complexity index is 749.